The second-order valence-electron chi connectivity index (χ2n) is 8.01. The van der Waals surface area contributed by atoms with Gasteiger partial charge in [-0.2, -0.15) is 0 Å². The standard InChI is InChI=1S/C19H26N2O4S/c1-26(24,25)21-13-19(8-2-3-9-19)16-12-14(4-5-17(16)21)18(23)20-10-6-15(22)7-11-20/h4-5,12,15,22H,2-3,6-11,13H2,1H3. The SMILES string of the molecule is CS(=O)(=O)N1CC2(CCCC2)c2cc(C(=O)N3CCC(O)CC3)ccc21. The van der Waals surface area contributed by atoms with Gasteiger partial charge in [-0.1, -0.05) is 12.8 Å². The lowest BCUT2D eigenvalue weighted by Crippen LogP contribution is -2.40. The molecule has 1 amide bonds. The summed E-state index contributed by atoms with van der Waals surface area (Å²) in [5, 5.41) is 9.65. The molecule has 0 aromatic heterocycles. The van der Waals surface area contributed by atoms with E-state index in [9.17, 15) is 18.3 Å². The summed E-state index contributed by atoms with van der Waals surface area (Å²) in [7, 11) is -3.33. The van der Waals surface area contributed by atoms with E-state index in [1.807, 2.05) is 6.07 Å². The van der Waals surface area contributed by atoms with Gasteiger partial charge in [0.25, 0.3) is 5.91 Å². The van der Waals surface area contributed by atoms with Crippen LogP contribution in [0.3, 0.4) is 0 Å². The molecule has 7 heteroatoms. The number of hydrogen-bond acceptors (Lipinski definition) is 4. The number of carbonyl (C=O) groups excluding carboxylic acids is 1. The highest BCUT2D eigenvalue weighted by Gasteiger charge is 2.47. The molecular weight excluding hydrogens is 352 g/mol. The van der Waals surface area contributed by atoms with Gasteiger partial charge in [0.15, 0.2) is 0 Å². The van der Waals surface area contributed by atoms with Crippen molar-refractivity contribution >= 4 is 21.6 Å². The quantitative estimate of drug-likeness (QED) is 0.852. The lowest BCUT2D eigenvalue weighted by atomic mass is 9.80. The van der Waals surface area contributed by atoms with Gasteiger partial charge in [-0.15, -0.1) is 0 Å². The van der Waals surface area contributed by atoms with Crippen molar-refractivity contribution in [3.8, 4) is 0 Å². The Morgan fingerprint density at radius 3 is 2.46 bits per heavy atom. The maximum atomic E-state index is 12.9. The molecule has 3 aliphatic rings. The molecule has 2 heterocycles. The highest BCUT2D eigenvalue weighted by atomic mass is 32.2. The van der Waals surface area contributed by atoms with E-state index >= 15 is 0 Å². The zero-order chi connectivity index (χ0) is 18.5. The third-order valence-electron chi connectivity index (χ3n) is 6.24. The molecule has 4 rings (SSSR count). The van der Waals surface area contributed by atoms with Crippen molar-refractivity contribution in [2.24, 2.45) is 0 Å². The lowest BCUT2D eigenvalue weighted by molar-refractivity contribution is 0.0546. The molecule has 0 radical (unpaired) electrons. The maximum absolute atomic E-state index is 12.9. The van der Waals surface area contributed by atoms with Crippen molar-refractivity contribution in [1.29, 1.82) is 0 Å². The number of rotatable bonds is 2. The van der Waals surface area contributed by atoms with Crippen LogP contribution in [0.15, 0.2) is 18.2 Å². The van der Waals surface area contributed by atoms with Gasteiger partial charge in [-0.05, 0) is 49.4 Å². The van der Waals surface area contributed by atoms with Crippen LogP contribution in [0.2, 0.25) is 0 Å². The summed E-state index contributed by atoms with van der Waals surface area (Å²) in [5.41, 5.74) is 2.23. The number of carbonyl (C=O) groups is 1. The second kappa shape index (κ2) is 6.23. The summed E-state index contributed by atoms with van der Waals surface area (Å²) in [6.07, 6.45) is 6.30. The number of aliphatic hydroxyl groups is 1. The van der Waals surface area contributed by atoms with Gasteiger partial charge >= 0.3 is 0 Å². The van der Waals surface area contributed by atoms with Crippen molar-refractivity contribution < 1.29 is 18.3 Å². The number of nitrogens with zero attached hydrogens (tertiary/aromatic N) is 2. The van der Waals surface area contributed by atoms with Crippen molar-refractivity contribution in [1.82, 2.24) is 4.90 Å². The monoisotopic (exact) mass is 378 g/mol. The largest absolute Gasteiger partial charge is 0.393 e. The number of hydrogen-bond donors (Lipinski definition) is 1. The number of fused-ring (bicyclic) bond motifs is 2. The molecule has 1 aromatic rings. The molecule has 0 bridgehead atoms. The van der Waals surface area contributed by atoms with Gasteiger partial charge in [0.2, 0.25) is 10.0 Å². The van der Waals surface area contributed by atoms with E-state index in [0.717, 1.165) is 36.9 Å². The third-order valence-corrected chi connectivity index (χ3v) is 7.37. The molecular formula is C19H26N2O4S. The number of amides is 1. The first-order valence-electron chi connectivity index (χ1n) is 9.40. The predicted molar refractivity (Wildman–Crippen MR) is 99.9 cm³/mol. The molecule has 1 aliphatic carbocycles. The van der Waals surface area contributed by atoms with E-state index < -0.39 is 10.0 Å². The summed E-state index contributed by atoms with van der Waals surface area (Å²) in [4.78, 5) is 14.7. The molecule has 0 unspecified atom stereocenters. The first-order valence-corrected chi connectivity index (χ1v) is 11.2. The Balaban J connectivity index is 1.70. The normalized spacial score (nSPS) is 22.8. The Morgan fingerprint density at radius 1 is 1.19 bits per heavy atom. The Hall–Kier alpha value is -1.60. The molecule has 2 fully saturated rings. The topological polar surface area (TPSA) is 77.9 Å². The molecule has 26 heavy (non-hydrogen) atoms. The number of sulfonamides is 1. The van der Waals surface area contributed by atoms with Crippen LogP contribution in [0.5, 0.6) is 0 Å². The minimum absolute atomic E-state index is 0.0225. The van der Waals surface area contributed by atoms with Crippen LogP contribution in [0.25, 0.3) is 0 Å². The van der Waals surface area contributed by atoms with Gasteiger partial charge in [0, 0.05) is 30.6 Å². The molecule has 6 nitrogen and oxygen atoms in total. The van der Waals surface area contributed by atoms with Crippen LogP contribution in [-0.2, 0) is 15.4 Å². The van der Waals surface area contributed by atoms with Gasteiger partial charge in [0.1, 0.15) is 0 Å². The summed E-state index contributed by atoms with van der Waals surface area (Å²) < 4.78 is 26.0. The predicted octanol–water partition coefficient (Wildman–Crippen LogP) is 1.87. The Morgan fingerprint density at radius 2 is 1.85 bits per heavy atom. The van der Waals surface area contributed by atoms with Crippen LogP contribution >= 0.6 is 0 Å². The zero-order valence-corrected chi connectivity index (χ0v) is 16.0. The van der Waals surface area contributed by atoms with Crippen molar-refractivity contribution in [2.45, 2.75) is 50.0 Å². The van der Waals surface area contributed by atoms with Crippen LogP contribution in [0.1, 0.15) is 54.4 Å². The third kappa shape index (κ3) is 2.91. The smallest absolute Gasteiger partial charge is 0.253 e. The van der Waals surface area contributed by atoms with E-state index in [0.29, 0.717) is 38.0 Å². The first kappa shape index (κ1) is 17.8. The summed E-state index contributed by atoms with van der Waals surface area (Å²) in [6, 6.07) is 5.48. The van der Waals surface area contributed by atoms with Crippen LogP contribution in [0, 0.1) is 0 Å². The Labute approximate surface area is 154 Å². The minimum atomic E-state index is -3.33. The highest BCUT2D eigenvalue weighted by Crippen LogP contribution is 2.51. The second-order valence-corrected chi connectivity index (χ2v) is 9.92. The molecule has 2 aliphatic heterocycles. The van der Waals surface area contributed by atoms with Crippen molar-refractivity contribution in [3.63, 3.8) is 0 Å². The molecule has 1 aromatic carbocycles. The van der Waals surface area contributed by atoms with E-state index in [4.69, 9.17) is 0 Å². The van der Waals surface area contributed by atoms with Crippen LogP contribution in [0.4, 0.5) is 5.69 Å². The average Bonchev–Trinajstić information content (AvgIpc) is 3.21. The average molecular weight is 378 g/mol. The van der Waals surface area contributed by atoms with E-state index in [1.54, 1.807) is 17.0 Å². The van der Waals surface area contributed by atoms with Gasteiger partial charge in [-0.3, -0.25) is 9.10 Å². The number of anilines is 1. The van der Waals surface area contributed by atoms with Crippen LogP contribution in [-0.4, -0.2) is 56.3 Å². The molecule has 1 N–H and O–H groups in total. The molecule has 1 spiro atoms. The fraction of sp³-hybridized carbons (Fsp3) is 0.632. The fourth-order valence-corrected chi connectivity index (χ4v) is 5.78. The Kier molecular flexibility index (Phi) is 4.27. The first-order chi connectivity index (χ1) is 12.3. The highest BCUT2D eigenvalue weighted by molar-refractivity contribution is 7.92. The molecule has 1 saturated heterocycles. The number of piperidine rings is 1. The van der Waals surface area contributed by atoms with Gasteiger partial charge in [0.05, 0.1) is 18.0 Å². The van der Waals surface area contributed by atoms with Crippen molar-refractivity contribution in [2.75, 3.05) is 30.2 Å². The zero-order valence-electron chi connectivity index (χ0n) is 15.1. The lowest BCUT2D eigenvalue weighted by Gasteiger charge is -2.30. The van der Waals surface area contributed by atoms with Gasteiger partial charge < -0.3 is 10.0 Å². The molecule has 1 saturated carbocycles. The maximum Gasteiger partial charge on any atom is 0.253 e. The van der Waals surface area contributed by atoms with Crippen molar-refractivity contribution in [3.05, 3.63) is 29.3 Å². The van der Waals surface area contributed by atoms with Crippen LogP contribution < -0.4 is 4.31 Å². The Bertz CT molecular complexity index is 822. The van der Waals surface area contributed by atoms with E-state index in [2.05, 4.69) is 0 Å². The van der Waals surface area contributed by atoms with E-state index in [1.165, 1.54) is 10.6 Å². The molecule has 142 valence electrons. The summed E-state index contributed by atoms with van der Waals surface area (Å²) in [6.45, 7) is 1.63. The number of benzene rings is 1. The molecule has 0 atom stereocenters. The number of likely N-dealkylation sites (tertiary alicyclic amines) is 1. The fourth-order valence-electron chi connectivity index (χ4n) is 4.78. The number of aliphatic hydroxyl groups excluding tert-OH is 1. The minimum Gasteiger partial charge on any atom is -0.393 e. The summed E-state index contributed by atoms with van der Waals surface area (Å²) >= 11 is 0. The van der Waals surface area contributed by atoms with Gasteiger partial charge in [-0.25, -0.2) is 8.42 Å². The summed E-state index contributed by atoms with van der Waals surface area (Å²) in [5.74, 6) is -0.0225. The van der Waals surface area contributed by atoms with E-state index in [-0.39, 0.29) is 17.4 Å².